The Morgan fingerprint density at radius 2 is 1.36 bits per heavy atom. The van der Waals surface area contributed by atoms with E-state index in [1.165, 1.54) is 13.8 Å². The average molecular weight is 599 g/mol. The zero-order valence-corrected chi connectivity index (χ0v) is 23.0. The quantitative estimate of drug-likeness (QED) is 0.120. The third kappa shape index (κ3) is 13.5. The number of alkyl halides is 1. The molecule has 1 aromatic rings. The molecule has 0 unspecified atom stereocenters. The Labute approximate surface area is 240 Å². The van der Waals surface area contributed by atoms with Crippen LogP contribution in [-0.2, 0) is 40.1 Å². The van der Waals surface area contributed by atoms with E-state index in [1.807, 2.05) is 0 Å². The number of hydrogen-bond acceptors (Lipinski definition) is 8. The van der Waals surface area contributed by atoms with Gasteiger partial charge in [-0.2, -0.15) is 0 Å². The summed E-state index contributed by atoms with van der Waals surface area (Å²) in [6, 6.07) is 2.41. The molecule has 42 heavy (non-hydrogen) atoms. The predicted molar refractivity (Wildman–Crippen MR) is 142 cm³/mol. The van der Waals surface area contributed by atoms with Crippen LogP contribution < -0.4 is 21.3 Å². The van der Waals surface area contributed by atoms with Gasteiger partial charge in [-0.05, 0) is 17.9 Å². The summed E-state index contributed by atoms with van der Waals surface area (Å²) in [5, 5.41) is 36.0. The number of hydrogen-bond donors (Lipinski definition) is 7. The summed E-state index contributed by atoms with van der Waals surface area (Å²) in [6.45, 7) is 1.65. The molecule has 0 saturated carbocycles. The second-order valence-electron chi connectivity index (χ2n) is 9.54. The third-order valence-corrected chi connectivity index (χ3v) is 5.68. The van der Waals surface area contributed by atoms with E-state index >= 15 is 0 Å². The van der Waals surface area contributed by atoms with Crippen molar-refractivity contribution in [3.63, 3.8) is 0 Å². The van der Waals surface area contributed by atoms with Gasteiger partial charge in [-0.3, -0.25) is 28.8 Å². The number of amides is 4. The number of carbonyl (C=O) groups is 7. The zero-order chi connectivity index (χ0) is 31.8. The molecular weight excluding hydrogens is 563 g/mol. The van der Waals surface area contributed by atoms with E-state index < -0.39 is 104 Å². The maximum absolute atomic E-state index is 13.2. The van der Waals surface area contributed by atoms with Crippen molar-refractivity contribution < 1.29 is 58.0 Å². The number of carboxylic acid groups (broad SMARTS) is 3. The summed E-state index contributed by atoms with van der Waals surface area (Å²) >= 11 is 0. The predicted octanol–water partition coefficient (Wildman–Crippen LogP) is 0.176. The van der Waals surface area contributed by atoms with Crippen LogP contribution in [0.15, 0.2) is 30.3 Å². The monoisotopic (exact) mass is 598 g/mol. The lowest BCUT2D eigenvalue weighted by Crippen LogP contribution is -2.58. The first-order chi connectivity index (χ1) is 19.7. The van der Waals surface area contributed by atoms with Crippen LogP contribution in [0.3, 0.4) is 0 Å². The largest absolute Gasteiger partial charge is 0.481 e. The van der Waals surface area contributed by atoms with Gasteiger partial charge in [-0.15, -0.1) is 0 Å². The normalized spacial score (nSPS) is 13.5. The van der Waals surface area contributed by atoms with Crippen molar-refractivity contribution in [3.05, 3.63) is 35.9 Å². The summed E-state index contributed by atoms with van der Waals surface area (Å²) in [7, 11) is 0. The van der Waals surface area contributed by atoms with Crippen LogP contribution in [0.25, 0.3) is 0 Å². The number of alkyl carbamates (subject to hydrolysis) is 1. The topological polar surface area (TPSA) is 238 Å². The van der Waals surface area contributed by atoms with Crippen LogP contribution in [-0.4, -0.2) is 87.9 Å². The first kappa shape index (κ1) is 35.3. The highest BCUT2D eigenvalue weighted by Crippen LogP contribution is 2.08. The number of carboxylic acids is 3. The van der Waals surface area contributed by atoms with Crippen molar-refractivity contribution in [1.82, 2.24) is 21.3 Å². The van der Waals surface area contributed by atoms with Crippen LogP contribution in [0.2, 0.25) is 0 Å². The summed E-state index contributed by atoms with van der Waals surface area (Å²) in [4.78, 5) is 84.4. The zero-order valence-electron chi connectivity index (χ0n) is 23.0. The molecule has 0 spiro atoms. The molecule has 0 aromatic heterocycles. The molecule has 16 heteroatoms. The Hall–Kier alpha value is -4.76. The number of nitrogens with one attached hydrogen (secondary N) is 4. The highest BCUT2D eigenvalue weighted by atomic mass is 19.1. The van der Waals surface area contributed by atoms with E-state index in [0.29, 0.717) is 5.56 Å². The Balaban J connectivity index is 3.03. The number of rotatable bonds is 18. The van der Waals surface area contributed by atoms with Gasteiger partial charge in [0.15, 0.2) is 0 Å². The Morgan fingerprint density at radius 1 is 0.762 bits per heavy atom. The molecule has 4 atom stereocenters. The Kier molecular flexibility index (Phi) is 15.0. The van der Waals surface area contributed by atoms with Crippen LogP contribution >= 0.6 is 0 Å². The Bertz CT molecular complexity index is 1120. The number of benzene rings is 1. The maximum atomic E-state index is 13.2. The molecule has 15 nitrogen and oxygen atoms in total. The van der Waals surface area contributed by atoms with E-state index in [2.05, 4.69) is 21.3 Å². The molecule has 0 saturated heterocycles. The number of ether oxygens (including phenoxy) is 1. The molecule has 0 bridgehead atoms. The minimum atomic E-state index is -1.73. The smallest absolute Gasteiger partial charge is 0.408 e. The molecule has 232 valence electrons. The van der Waals surface area contributed by atoms with Crippen LogP contribution in [0.5, 0.6) is 0 Å². The van der Waals surface area contributed by atoms with Gasteiger partial charge in [0.25, 0.3) is 0 Å². The molecule has 0 aliphatic heterocycles. The fraction of sp³-hybridized carbons (Fsp3) is 0.500. The van der Waals surface area contributed by atoms with E-state index in [9.17, 15) is 43.1 Å². The van der Waals surface area contributed by atoms with E-state index in [0.717, 1.165) is 0 Å². The van der Waals surface area contributed by atoms with Crippen molar-refractivity contribution in [2.24, 2.45) is 5.92 Å². The van der Waals surface area contributed by atoms with Crippen molar-refractivity contribution in [2.45, 2.75) is 70.3 Å². The second-order valence-corrected chi connectivity index (χ2v) is 9.54. The lowest BCUT2D eigenvalue weighted by molar-refractivity contribution is -0.141. The standard InChI is InChI=1S/C26H35FN4O11/c1-14(2)22(25(40)28-16(12-27)10-20(34)35)31-23(38)17(8-9-19(32)33)29-24(39)18(11-21(36)37)30-26(41)42-13-15-6-4-3-5-7-15/h3-7,14,16-18,22H,8-13H2,1-2H3,(H,28,40)(H,29,39)(H,30,41)(H,31,38)(H,32,33)(H,34,35)(H,36,37)/t16-,17-,18-,22-/m0/s1. The average Bonchev–Trinajstić information content (AvgIpc) is 2.91. The molecule has 1 rings (SSSR count). The second kappa shape index (κ2) is 17.8. The SMILES string of the molecule is CC(C)[C@H](NC(=O)[C@H](CCC(=O)O)NC(=O)[C@H](CC(=O)O)NC(=O)OCc1ccccc1)C(=O)N[C@H](CF)CC(=O)O. The van der Waals surface area contributed by atoms with Gasteiger partial charge >= 0.3 is 24.0 Å². The van der Waals surface area contributed by atoms with E-state index in [4.69, 9.17) is 14.9 Å². The van der Waals surface area contributed by atoms with E-state index in [1.54, 1.807) is 30.3 Å². The summed E-state index contributed by atoms with van der Waals surface area (Å²) in [6.07, 6.45) is -3.86. The van der Waals surface area contributed by atoms with Crippen LogP contribution in [0.4, 0.5) is 9.18 Å². The van der Waals surface area contributed by atoms with Gasteiger partial charge in [-0.25, -0.2) is 9.18 Å². The lowest BCUT2D eigenvalue weighted by Gasteiger charge is -2.27. The molecule has 0 aliphatic rings. The van der Waals surface area contributed by atoms with Gasteiger partial charge in [0.2, 0.25) is 17.7 Å². The lowest BCUT2D eigenvalue weighted by atomic mass is 10.0. The Morgan fingerprint density at radius 3 is 1.88 bits per heavy atom. The molecular formula is C26H35FN4O11. The number of carbonyl (C=O) groups excluding carboxylic acids is 4. The first-order valence-electron chi connectivity index (χ1n) is 12.8. The summed E-state index contributed by atoms with van der Waals surface area (Å²) in [5.41, 5.74) is 0.613. The fourth-order valence-electron chi connectivity index (χ4n) is 3.53. The van der Waals surface area contributed by atoms with Crippen molar-refractivity contribution >= 4 is 41.7 Å². The summed E-state index contributed by atoms with van der Waals surface area (Å²) < 4.78 is 18.2. The molecule has 0 radical (unpaired) electrons. The minimum Gasteiger partial charge on any atom is -0.481 e. The molecule has 0 heterocycles. The van der Waals surface area contributed by atoms with Gasteiger partial charge in [0.05, 0.1) is 18.9 Å². The fourth-order valence-corrected chi connectivity index (χ4v) is 3.53. The van der Waals surface area contributed by atoms with Crippen molar-refractivity contribution in [3.8, 4) is 0 Å². The number of halogens is 1. The van der Waals surface area contributed by atoms with Gasteiger partial charge < -0.3 is 41.3 Å². The molecule has 0 aliphatic carbocycles. The minimum absolute atomic E-state index is 0.188. The maximum Gasteiger partial charge on any atom is 0.408 e. The highest BCUT2D eigenvalue weighted by molar-refractivity contribution is 5.95. The molecule has 7 N–H and O–H groups in total. The molecule has 1 aromatic carbocycles. The van der Waals surface area contributed by atoms with Crippen LogP contribution in [0, 0.1) is 5.92 Å². The summed E-state index contributed by atoms with van der Waals surface area (Å²) in [5.74, 6) is -7.89. The van der Waals surface area contributed by atoms with E-state index in [-0.39, 0.29) is 6.61 Å². The van der Waals surface area contributed by atoms with Crippen LogP contribution in [0.1, 0.15) is 45.1 Å². The van der Waals surface area contributed by atoms with Crippen molar-refractivity contribution in [1.29, 1.82) is 0 Å². The number of aliphatic carboxylic acids is 3. The van der Waals surface area contributed by atoms with Crippen molar-refractivity contribution in [2.75, 3.05) is 6.67 Å². The third-order valence-electron chi connectivity index (χ3n) is 5.68. The van der Waals surface area contributed by atoms with Gasteiger partial charge in [-0.1, -0.05) is 44.2 Å². The van der Waals surface area contributed by atoms with Gasteiger partial charge in [0.1, 0.15) is 31.4 Å². The highest BCUT2D eigenvalue weighted by Gasteiger charge is 2.33. The van der Waals surface area contributed by atoms with Gasteiger partial charge in [0, 0.05) is 6.42 Å². The molecule has 0 fully saturated rings. The first-order valence-corrected chi connectivity index (χ1v) is 12.8. The molecule has 4 amide bonds.